The number of rotatable bonds is 6. The van der Waals surface area contributed by atoms with Crippen LogP contribution >= 0.6 is 11.6 Å². The number of carbonyl (C=O) groups is 1. The van der Waals surface area contributed by atoms with Crippen molar-refractivity contribution >= 4 is 38.9 Å². The number of nitrogens with zero attached hydrogens (tertiary/aromatic N) is 5. The first-order valence-electron chi connectivity index (χ1n) is 9.42. The summed E-state index contributed by atoms with van der Waals surface area (Å²) in [6, 6.07) is 12.0. The van der Waals surface area contributed by atoms with Crippen LogP contribution in [0.15, 0.2) is 78.3 Å². The number of anilines is 2. The van der Waals surface area contributed by atoms with Crippen molar-refractivity contribution in [3.63, 3.8) is 0 Å². The molecule has 0 aliphatic carbocycles. The van der Waals surface area contributed by atoms with Gasteiger partial charge in [-0.15, -0.1) is 0 Å². The average molecular weight is 487 g/mol. The minimum Gasteiger partial charge on any atom is -0.321 e. The molecule has 2 aromatic heterocycles. The molecule has 0 bridgehead atoms. The number of benzene rings is 2. The van der Waals surface area contributed by atoms with Gasteiger partial charge in [-0.2, -0.15) is 5.10 Å². The molecule has 12 heteroatoms. The maximum absolute atomic E-state index is 13.2. The number of hydrogen-bond acceptors (Lipinski definition) is 6. The summed E-state index contributed by atoms with van der Waals surface area (Å²) in [5.41, 5.74) is 0.595. The van der Waals surface area contributed by atoms with Gasteiger partial charge in [-0.05, 0) is 54.6 Å². The van der Waals surface area contributed by atoms with Gasteiger partial charge in [0.25, 0.3) is 15.9 Å². The van der Waals surface area contributed by atoms with E-state index in [0.29, 0.717) is 11.5 Å². The van der Waals surface area contributed by atoms with Crippen molar-refractivity contribution in [1.82, 2.24) is 19.7 Å². The SMILES string of the molecule is CN(c1ccc(F)cc1)S(=O)(=O)c1ccc(Cl)c(C(=O)Nc2ccc(-n3cncn3)nc2)c1. The van der Waals surface area contributed by atoms with Gasteiger partial charge in [0.15, 0.2) is 5.82 Å². The number of carbonyl (C=O) groups excluding carboxylic acids is 1. The van der Waals surface area contributed by atoms with Crippen molar-refractivity contribution in [3.05, 3.63) is 89.9 Å². The molecule has 0 radical (unpaired) electrons. The molecule has 2 heterocycles. The molecule has 0 saturated carbocycles. The third kappa shape index (κ3) is 4.69. The minimum atomic E-state index is -4.04. The van der Waals surface area contributed by atoms with Crippen LogP contribution in [0.5, 0.6) is 0 Å². The third-order valence-corrected chi connectivity index (χ3v) is 6.80. The monoisotopic (exact) mass is 486 g/mol. The number of aromatic nitrogens is 4. The summed E-state index contributed by atoms with van der Waals surface area (Å²) >= 11 is 6.17. The number of pyridine rings is 1. The molecule has 0 spiro atoms. The molecule has 1 N–H and O–H groups in total. The van der Waals surface area contributed by atoms with Gasteiger partial charge >= 0.3 is 0 Å². The number of halogens is 2. The highest BCUT2D eigenvalue weighted by Gasteiger charge is 2.24. The van der Waals surface area contributed by atoms with Crippen LogP contribution in [0.3, 0.4) is 0 Å². The first-order valence-corrected chi connectivity index (χ1v) is 11.2. The fraction of sp³-hybridized carbons (Fsp3) is 0.0476. The van der Waals surface area contributed by atoms with E-state index in [2.05, 4.69) is 20.4 Å². The van der Waals surface area contributed by atoms with E-state index in [1.54, 1.807) is 12.1 Å². The van der Waals surface area contributed by atoms with E-state index in [4.69, 9.17) is 11.6 Å². The quantitative estimate of drug-likeness (QED) is 0.446. The highest BCUT2D eigenvalue weighted by atomic mass is 35.5. The molecule has 9 nitrogen and oxygen atoms in total. The van der Waals surface area contributed by atoms with Crippen LogP contribution in [0.25, 0.3) is 5.82 Å². The van der Waals surface area contributed by atoms with Crippen LogP contribution in [0, 0.1) is 5.82 Å². The van der Waals surface area contributed by atoms with E-state index in [1.807, 2.05) is 0 Å². The second-order valence-electron chi connectivity index (χ2n) is 6.79. The summed E-state index contributed by atoms with van der Waals surface area (Å²) in [6.45, 7) is 0. The van der Waals surface area contributed by atoms with Crippen LogP contribution in [-0.2, 0) is 10.0 Å². The molecule has 4 rings (SSSR count). The average Bonchev–Trinajstić information content (AvgIpc) is 3.35. The molecule has 0 aliphatic heterocycles. The molecular weight excluding hydrogens is 471 g/mol. The number of nitrogens with one attached hydrogen (secondary N) is 1. The molecule has 0 fully saturated rings. The Hall–Kier alpha value is -3.83. The van der Waals surface area contributed by atoms with Gasteiger partial charge in [0, 0.05) is 7.05 Å². The fourth-order valence-corrected chi connectivity index (χ4v) is 4.33. The maximum Gasteiger partial charge on any atom is 0.264 e. The van der Waals surface area contributed by atoms with Crippen LogP contribution in [0.2, 0.25) is 5.02 Å². The van der Waals surface area contributed by atoms with Crippen LogP contribution in [0.4, 0.5) is 15.8 Å². The van der Waals surface area contributed by atoms with Crippen LogP contribution < -0.4 is 9.62 Å². The largest absolute Gasteiger partial charge is 0.321 e. The Bertz CT molecular complexity index is 1400. The topological polar surface area (TPSA) is 110 Å². The van der Waals surface area contributed by atoms with Gasteiger partial charge in [0.2, 0.25) is 0 Å². The van der Waals surface area contributed by atoms with E-state index in [9.17, 15) is 17.6 Å². The van der Waals surface area contributed by atoms with Crippen molar-refractivity contribution in [2.75, 3.05) is 16.7 Å². The highest BCUT2D eigenvalue weighted by Crippen LogP contribution is 2.26. The summed E-state index contributed by atoms with van der Waals surface area (Å²) in [6.07, 6.45) is 4.27. The highest BCUT2D eigenvalue weighted by molar-refractivity contribution is 7.92. The van der Waals surface area contributed by atoms with Gasteiger partial charge in [-0.3, -0.25) is 9.10 Å². The van der Waals surface area contributed by atoms with Crippen molar-refractivity contribution in [2.24, 2.45) is 0 Å². The Morgan fingerprint density at radius 2 is 1.88 bits per heavy atom. The second-order valence-corrected chi connectivity index (χ2v) is 9.17. The number of amides is 1. The van der Waals surface area contributed by atoms with Crippen molar-refractivity contribution < 1.29 is 17.6 Å². The van der Waals surface area contributed by atoms with E-state index in [-0.39, 0.29) is 21.2 Å². The Balaban J connectivity index is 1.57. The molecule has 0 unspecified atom stereocenters. The molecule has 168 valence electrons. The lowest BCUT2D eigenvalue weighted by atomic mass is 10.2. The van der Waals surface area contributed by atoms with E-state index in [1.165, 1.54) is 60.9 Å². The van der Waals surface area contributed by atoms with Gasteiger partial charge in [-0.25, -0.2) is 27.5 Å². The first kappa shape index (κ1) is 22.4. The molecule has 0 atom stereocenters. The van der Waals surface area contributed by atoms with Gasteiger partial charge in [0.1, 0.15) is 18.5 Å². The lowest BCUT2D eigenvalue weighted by Gasteiger charge is -2.20. The second kappa shape index (κ2) is 8.96. The van der Waals surface area contributed by atoms with Crippen molar-refractivity contribution in [1.29, 1.82) is 0 Å². The zero-order valence-electron chi connectivity index (χ0n) is 17.1. The first-order chi connectivity index (χ1) is 15.8. The number of sulfonamides is 1. The van der Waals surface area contributed by atoms with E-state index in [0.717, 1.165) is 16.4 Å². The summed E-state index contributed by atoms with van der Waals surface area (Å²) in [5.74, 6) is -0.601. The zero-order chi connectivity index (χ0) is 23.6. The number of hydrogen-bond donors (Lipinski definition) is 1. The predicted octanol–water partition coefficient (Wildman–Crippen LogP) is 3.53. The van der Waals surface area contributed by atoms with Crippen molar-refractivity contribution in [3.8, 4) is 5.82 Å². The lowest BCUT2D eigenvalue weighted by Crippen LogP contribution is -2.27. The summed E-state index contributed by atoms with van der Waals surface area (Å²) in [5, 5.41) is 6.68. The van der Waals surface area contributed by atoms with Crippen LogP contribution in [0.1, 0.15) is 10.4 Å². The molecule has 33 heavy (non-hydrogen) atoms. The van der Waals surface area contributed by atoms with Crippen molar-refractivity contribution in [2.45, 2.75) is 4.90 Å². The van der Waals surface area contributed by atoms with Crippen LogP contribution in [-0.4, -0.2) is 41.1 Å². The fourth-order valence-electron chi connectivity index (χ4n) is 2.91. The minimum absolute atomic E-state index is 0.0365. The molecule has 4 aromatic rings. The Morgan fingerprint density at radius 3 is 2.52 bits per heavy atom. The van der Waals surface area contributed by atoms with E-state index >= 15 is 0 Å². The summed E-state index contributed by atoms with van der Waals surface area (Å²) < 4.78 is 41.7. The standard InChI is InChI=1S/C21H16ClFN6O3S/c1-28(16-5-2-14(23)3-6-16)33(31,32)17-7-8-19(22)18(10-17)21(30)27-15-4-9-20(25-11-15)29-13-24-12-26-29/h2-13H,1H3,(H,27,30). The van der Waals surface area contributed by atoms with E-state index < -0.39 is 21.7 Å². The summed E-state index contributed by atoms with van der Waals surface area (Å²) in [7, 11) is -2.70. The predicted molar refractivity (Wildman–Crippen MR) is 121 cm³/mol. The molecule has 0 aliphatic rings. The smallest absolute Gasteiger partial charge is 0.264 e. The Morgan fingerprint density at radius 1 is 1.12 bits per heavy atom. The Labute approximate surface area is 193 Å². The molecular formula is C21H16ClFN6O3S. The van der Waals surface area contributed by atoms with Gasteiger partial charge < -0.3 is 5.32 Å². The van der Waals surface area contributed by atoms with Gasteiger partial charge in [0.05, 0.1) is 33.1 Å². The third-order valence-electron chi connectivity index (χ3n) is 4.69. The van der Waals surface area contributed by atoms with Gasteiger partial charge in [-0.1, -0.05) is 11.6 Å². The molecule has 1 amide bonds. The molecule has 2 aromatic carbocycles. The Kier molecular flexibility index (Phi) is 6.07. The zero-order valence-corrected chi connectivity index (χ0v) is 18.6. The lowest BCUT2D eigenvalue weighted by molar-refractivity contribution is 0.102. The summed E-state index contributed by atoms with van der Waals surface area (Å²) in [4.78, 5) is 20.7. The normalized spacial score (nSPS) is 11.2. The molecule has 0 saturated heterocycles. The maximum atomic E-state index is 13.2.